The molecule has 1 amide bonds. The number of carbonyl (C=O) groups excluding carboxylic acids is 1. The summed E-state index contributed by atoms with van der Waals surface area (Å²) in [5, 5.41) is 3.64. The monoisotopic (exact) mass is 267 g/mol. The van der Waals surface area contributed by atoms with Gasteiger partial charge in [-0.1, -0.05) is 6.92 Å². The third-order valence-electron chi connectivity index (χ3n) is 4.64. The van der Waals surface area contributed by atoms with E-state index in [2.05, 4.69) is 17.1 Å². The lowest BCUT2D eigenvalue weighted by Gasteiger charge is -2.38. The predicted molar refractivity (Wildman–Crippen MR) is 78.1 cm³/mol. The molecular formula is C15H29N3O. The normalized spacial score (nSPS) is 26.0. The zero-order chi connectivity index (χ0) is 13.7. The van der Waals surface area contributed by atoms with Crippen molar-refractivity contribution >= 4 is 5.91 Å². The molecule has 1 N–H and O–H groups in total. The van der Waals surface area contributed by atoms with E-state index in [9.17, 15) is 4.79 Å². The maximum atomic E-state index is 11.4. The molecule has 19 heavy (non-hydrogen) atoms. The van der Waals surface area contributed by atoms with E-state index in [0.717, 1.165) is 31.5 Å². The van der Waals surface area contributed by atoms with Crippen molar-refractivity contribution < 1.29 is 4.79 Å². The summed E-state index contributed by atoms with van der Waals surface area (Å²) in [4.78, 5) is 15.9. The lowest BCUT2D eigenvalue weighted by molar-refractivity contribution is -0.128. The van der Waals surface area contributed by atoms with Crippen molar-refractivity contribution in [2.45, 2.75) is 33.1 Å². The Morgan fingerprint density at radius 3 is 2.58 bits per heavy atom. The minimum Gasteiger partial charge on any atom is -0.343 e. The van der Waals surface area contributed by atoms with E-state index in [1.165, 1.54) is 45.4 Å². The number of nitrogens with zero attached hydrogens (tertiary/aromatic N) is 2. The molecule has 2 heterocycles. The van der Waals surface area contributed by atoms with Gasteiger partial charge in [-0.2, -0.15) is 0 Å². The fourth-order valence-corrected chi connectivity index (χ4v) is 3.24. The first-order valence-electron chi connectivity index (χ1n) is 7.87. The summed E-state index contributed by atoms with van der Waals surface area (Å²) in [6.45, 7) is 11.9. The quantitative estimate of drug-likeness (QED) is 0.812. The van der Waals surface area contributed by atoms with Gasteiger partial charge in [-0.25, -0.2) is 0 Å². The van der Waals surface area contributed by atoms with Crippen LogP contribution in [-0.2, 0) is 4.79 Å². The molecule has 2 aliphatic heterocycles. The molecule has 0 aliphatic carbocycles. The first kappa shape index (κ1) is 14.8. The van der Waals surface area contributed by atoms with Crippen molar-refractivity contribution in [3.8, 4) is 0 Å². The van der Waals surface area contributed by atoms with E-state index in [1.54, 1.807) is 6.92 Å². The largest absolute Gasteiger partial charge is 0.343 e. The van der Waals surface area contributed by atoms with Crippen molar-refractivity contribution in [1.29, 1.82) is 0 Å². The molecule has 4 heteroatoms. The van der Waals surface area contributed by atoms with Gasteiger partial charge < -0.3 is 15.1 Å². The molecule has 0 aromatic heterocycles. The van der Waals surface area contributed by atoms with Crippen molar-refractivity contribution in [2.75, 3.05) is 45.8 Å². The Hall–Kier alpha value is -0.610. The van der Waals surface area contributed by atoms with Crippen LogP contribution in [0.4, 0.5) is 0 Å². The third-order valence-corrected chi connectivity index (χ3v) is 4.64. The Labute approximate surface area is 117 Å². The summed E-state index contributed by atoms with van der Waals surface area (Å²) in [5.74, 6) is 1.86. The van der Waals surface area contributed by atoms with Crippen LogP contribution in [0.25, 0.3) is 0 Å². The summed E-state index contributed by atoms with van der Waals surface area (Å²) >= 11 is 0. The maximum absolute atomic E-state index is 11.4. The lowest BCUT2D eigenvalue weighted by Crippen LogP contribution is -2.50. The van der Waals surface area contributed by atoms with E-state index < -0.39 is 0 Å². The number of rotatable bonds is 5. The number of hydrogen-bond acceptors (Lipinski definition) is 3. The van der Waals surface area contributed by atoms with Gasteiger partial charge in [0.05, 0.1) is 0 Å². The highest BCUT2D eigenvalue weighted by atomic mass is 16.2. The van der Waals surface area contributed by atoms with Crippen LogP contribution in [-0.4, -0.2) is 61.5 Å². The molecule has 2 aliphatic rings. The second-order valence-corrected chi connectivity index (χ2v) is 6.18. The predicted octanol–water partition coefficient (Wildman–Crippen LogP) is 1.18. The molecule has 0 aromatic carbocycles. The Balaban J connectivity index is 1.57. The average Bonchev–Trinajstić information content (AvgIpc) is 2.57. The summed E-state index contributed by atoms with van der Waals surface area (Å²) in [6.07, 6.45) is 3.60. The van der Waals surface area contributed by atoms with Crippen molar-refractivity contribution in [2.24, 2.45) is 11.8 Å². The lowest BCUT2D eigenvalue weighted by atomic mass is 9.98. The van der Waals surface area contributed by atoms with Gasteiger partial charge in [0.2, 0.25) is 5.91 Å². The molecular weight excluding hydrogens is 238 g/mol. The zero-order valence-electron chi connectivity index (χ0n) is 12.5. The van der Waals surface area contributed by atoms with Gasteiger partial charge in [0.25, 0.3) is 0 Å². The molecule has 0 radical (unpaired) electrons. The highest BCUT2D eigenvalue weighted by molar-refractivity contribution is 5.73. The van der Waals surface area contributed by atoms with Crippen LogP contribution in [0, 0.1) is 11.8 Å². The fourth-order valence-electron chi connectivity index (χ4n) is 3.24. The number of amides is 1. The maximum Gasteiger partial charge on any atom is 0.219 e. The summed E-state index contributed by atoms with van der Waals surface area (Å²) in [7, 11) is 0. The average molecular weight is 267 g/mol. The van der Waals surface area contributed by atoms with Gasteiger partial charge >= 0.3 is 0 Å². The third kappa shape index (κ3) is 4.46. The van der Waals surface area contributed by atoms with Gasteiger partial charge in [-0.3, -0.25) is 4.79 Å². The molecule has 0 saturated carbocycles. The minimum atomic E-state index is 0.239. The van der Waals surface area contributed by atoms with Crippen LogP contribution < -0.4 is 5.32 Å². The highest BCUT2D eigenvalue weighted by Gasteiger charge is 2.25. The zero-order valence-corrected chi connectivity index (χ0v) is 12.5. The second-order valence-electron chi connectivity index (χ2n) is 6.18. The van der Waals surface area contributed by atoms with Crippen LogP contribution in [0.3, 0.4) is 0 Å². The van der Waals surface area contributed by atoms with E-state index >= 15 is 0 Å². The molecule has 1 atom stereocenters. The SMILES string of the molecule is CCN1CC(CNCC2CCCN(C(C)=O)CC2)C1. The van der Waals surface area contributed by atoms with Gasteiger partial charge in [0.1, 0.15) is 0 Å². The number of carbonyl (C=O) groups is 1. The molecule has 0 bridgehead atoms. The molecule has 4 nitrogen and oxygen atoms in total. The van der Waals surface area contributed by atoms with Crippen molar-refractivity contribution in [1.82, 2.24) is 15.1 Å². The Kier molecular flexibility index (Phi) is 5.64. The van der Waals surface area contributed by atoms with Gasteiger partial charge in [-0.15, -0.1) is 0 Å². The molecule has 2 saturated heterocycles. The van der Waals surface area contributed by atoms with Crippen LogP contribution >= 0.6 is 0 Å². The molecule has 0 aromatic rings. The molecule has 0 spiro atoms. The van der Waals surface area contributed by atoms with Gasteiger partial charge in [0, 0.05) is 39.6 Å². The number of hydrogen-bond donors (Lipinski definition) is 1. The molecule has 110 valence electrons. The van der Waals surface area contributed by atoms with Crippen LogP contribution in [0.1, 0.15) is 33.1 Å². The first-order chi connectivity index (χ1) is 9.19. The molecule has 1 unspecified atom stereocenters. The molecule has 2 fully saturated rings. The van der Waals surface area contributed by atoms with E-state index in [4.69, 9.17) is 0 Å². The second kappa shape index (κ2) is 7.25. The number of likely N-dealkylation sites (tertiary alicyclic amines) is 2. The van der Waals surface area contributed by atoms with Gasteiger partial charge in [0.15, 0.2) is 0 Å². The fraction of sp³-hybridized carbons (Fsp3) is 0.933. The topological polar surface area (TPSA) is 35.6 Å². The van der Waals surface area contributed by atoms with Crippen LogP contribution in [0.5, 0.6) is 0 Å². The van der Waals surface area contributed by atoms with Crippen LogP contribution in [0.15, 0.2) is 0 Å². The molecule has 2 rings (SSSR count). The van der Waals surface area contributed by atoms with E-state index in [1.807, 2.05) is 4.90 Å². The smallest absolute Gasteiger partial charge is 0.219 e. The summed E-state index contributed by atoms with van der Waals surface area (Å²) in [5.41, 5.74) is 0. The Morgan fingerprint density at radius 2 is 1.89 bits per heavy atom. The van der Waals surface area contributed by atoms with E-state index in [-0.39, 0.29) is 5.91 Å². The minimum absolute atomic E-state index is 0.239. The van der Waals surface area contributed by atoms with Crippen molar-refractivity contribution in [3.63, 3.8) is 0 Å². The standard InChI is InChI=1S/C15H29N3O/c1-3-17-11-15(12-17)10-16-9-14-5-4-7-18(8-6-14)13(2)19/h14-16H,3-12H2,1-2H3. The summed E-state index contributed by atoms with van der Waals surface area (Å²) in [6, 6.07) is 0. The van der Waals surface area contributed by atoms with Gasteiger partial charge in [-0.05, 0) is 44.2 Å². The van der Waals surface area contributed by atoms with Crippen LogP contribution in [0.2, 0.25) is 0 Å². The van der Waals surface area contributed by atoms with Crippen molar-refractivity contribution in [3.05, 3.63) is 0 Å². The number of nitrogens with one attached hydrogen (secondary N) is 1. The Bertz CT molecular complexity index is 289. The first-order valence-corrected chi connectivity index (χ1v) is 7.87. The highest BCUT2D eigenvalue weighted by Crippen LogP contribution is 2.18. The van der Waals surface area contributed by atoms with E-state index in [0.29, 0.717) is 0 Å². The summed E-state index contributed by atoms with van der Waals surface area (Å²) < 4.78 is 0. The Morgan fingerprint density at radius 1 is 1.16 bits per heavy atom.